The Balaban J connectivity index is 1.07. The van der Waals surface area contributed by atoms with Crippen LogP contribution in [0.3, 0.4) is 0 Å². The number of piperazine rings is 1. The molecule has 11 nitrogen and oxygen atoms in total. The van der Waals surface area contributed by atoms with Gasteiger partial charge < -0.3 is 25.0 Å². The van der Waals surface area contributed by atoms with E-state index >= 15 is 0 Å². The molecule has 13 heteroatoms. The Kier molecular flexibility index (Phi) is 14.3. The number of hydrogen-bond donors (Lipinski definition) is 3. The van der Waals surface area contributed by atoms with Crippen LogP contribution in [0, 0.1) is 5.92 Å². The Morgan fingerprint density at radius 2 is 1.65 bits per heavy atom. The standard InChI is InChI=1S/C41H51ClN6O5S/c1-54-37-12-6-5-10-34(37)27-46-22-24-47(25-23-46)39(49)38(43-41(52)53-29-30-8-3-2-4-9-30)31-15-19-45(20-16-31)21-17-32-26-35(42)13-14-36(32)33-11-7-18-48(28-33)44-40(50)51/h2-6,8-14,26,31,38,44H,7,15-25,27-29H2,1H3,(H,43,52)(H,50,51). The summed E-state index contributed by atoms with van der Waals surface area (Å²) >= 11 is 8.21. The zero-order valence-electron chi connectivity index (χ0n) is 30.9. The van der Waals surface area contributed by atoms with Crippen molar-refractivity contribution in [3.8, 4) is 0 Å². The number of nitrogens with zero attached hydrogens (tertiary/aromatic N) is 4. The van der Waals surface area contributed by atoms with Crippen molar-refractivity contribution in [3.05, 3.63) is 106 Å². The van der Waals surface area contributed by atoms with Crippen molar-refractivity contribution in [2.75, 3.05) is 65.2 Å². The molecule has 0 aliphatic carbocycles. The van der Waals surface area contributed by atoms with E-state index in [1.165, 1.54) is 10.5 Å². The Bertz CT molecular complexity index is 1760. The van der Waals surface area contributed by atoms with Gasteiger partial charge in [-0.25, -0.2) is 14.6 Å². The number of amides is 3. The molecule has 54 heavy (non-hydrogen) atoms. The van der Waals surface area contributed by atoms with Gasteiger partial charge in [0.25, 0.3) is 0 Å². The van der Waals surface area contributed by atoms with E-state index in [1.807, 2.05) is 53.4 Å². The van der Waals surface area contributed by atoms with E-state index in [0.717, 1.165) is 87.2 Å². The number of hydrogen-bond acceptors (Lipinski definition) is 8. The highest BCUT2D eigenvalue weighted by Gasteiger charge is 2.37. The summed E-state index contributed by atoms with van der Waals surface area (Å²) in [5.41, 5.74) is 7.97. The number of benzene rings is 3. The van der Waals surface area contributed by atoms with Crippen LogP contribution in [0.15, 0.2) is 83.8 Å². The first-order valence-corrected chi connectivity index (χ1v) is 20.4. The minimum absolute atomic E-state index is 0.0219. The number of carbonyl (C=O) groups is 3. The highest BCUT2D eigenvalue weighted by molar-refractivity contribution is 7.98. The van der Waals surface area contributed by atoms with Crippen LogP contribution in [0.2, 0.25) is 5.02 Å². The largest absolute Gasteiger partial charge is 0.464 e. The Morgan fingerprint density at radius 1 is 0.907 bits per heavy atom. The number of likely N-dealkylation sites (tertiary alicyclic amines) is 1. The first kappa shape index (κ1) is 39.6. The lowest BCUT2D eigenvalue weighted by molar-refractivity contribution is -0.137. The van der Waals surface area contributed by atoms with E-state index in [1.54, 1.807) is 16.8 Å². The predicted molar refractivity (Wildman–Crippen MR) is 213 cm³/mol. The molecule has 288 valence electrons. The minimum atomic E-state index is -1.06. The van der Waals surface area contributed by atoms with Crippen LogP contribution in [-0.4, -0.2) is 114 Å². The first-order chi connectivity index (χ1) is 26.2. The number of halogens is 1. The van der Waals surface area contributed by atoms with Crippen LogP contribution in [0.1, 0.15) is 41.5 Å². The average molecular weight is 775 g/mol. The second kappa shape index (κ2) is 19.5. The first-order valence-electron chi connectivity index (χ1n) is 18.8. The van der Waals surface area contributed by atoms with Gasteiger partial charge in [-0.2, -0.15) is 0 Å². The van der Waals surface area contributed by atoms with E-state index in [9.17, 15) is 19.5 Å². The molecule has 0 bridgehead atoms. The predicted octanol–water partition coefficient (Wildman–Crippen LogP) is 6.23. The maximum absolute atomic E-state index is 14.2. The molecule has 3 aliphatic rings. The number of ether oxygens (including phenoxy) is 1. The zero-order valence-corrected chi connectivity index (χ0v) is 32.5. The fraction of sp³-hybridized carbons (Fsp3) is 0.439. The third-order valence-corrected chi connectivity index (χ3v) is 11.7. The molecule has 3 N–H and O–H groups in total. The summed E-state index contributed by atoms with van der Waals surface area (Å²) in [6.07, 6.45) is 5.71. The fourth-order valence-corrected chi connectivity index (χ4v) is 8.52. The van der Waals surface area contributed by atoms with Gasteiger partial charge in [0.05, 0.1) is 0 Å². The molecule has 3 aliphatic heterocycles. The second-order valence-electron chi connectivity index (χ2n) is 14.2. The molecule has 1 unspecified atom stereocenters. The Morgan fingerprint density at radius 3 is 2.39 bits per heavy atom. The highest BCUT2D eigenvalue weighted by Crippen LogP contribution is 2.29. The van der Waals surface area contributed by atoms with Gasteiger partial charge in [0, 0.05) is 62.3 Å². The number of nitrogens with one attached hydrogen (secondary N) is 2. The summed E-state index contributed by atoms with van der Waals surface area (Å²) in [4.78, 5) is 46.7. The number of alkyl carbamates (subject to hydrolysis) is 1. The lowest BCUT2D eigenvalue weighted by Gasteiger charge is -2.40. The Labute approximate surface area is 327 Å². The van der Waals surface area contributed by atoms with Gasteiger partial charge in [-0.1, -0.05) is 72.3 Å². The lowest BCUT2D eigenvalue weighted by atomic mass is 9.88. The van der Waals surface area contributed by atoms with Crippen LogP contribution in [0.4, 0.5) is 9.59 Å². The third-order valence-electron chi connectivity index (χ3n) is 10.6. The maximum atomic E-state index is 14.2. The summed E-state index contributed by atoms with van der Waals surface area (Å²) in [5.74, 6) is -0.0589. The minimum Gasteiger partial charge on any atom is -0.464 e. The summed E-state index contributed by atoms with van der Waals surface area (Å²) in [6.45, 7) is 7.28. The maximum Gasteiger partial charge on any atom is 0.419 e. The number of carbonyl (C=O) groups excluding carboxylic acids is 2. The quantitative estimate of drug-likeness (QED) is 0.174. The van der Waals surface area contributed by atoms with Gasteiger partial charge in [0.2, 0.25) is 5.91 Å². The van der Waals surface area contributed by atoms with Crippen molar-refractivity contribution in [1.29, 1.82) is 0 Å². The van der Waals surface area contributed by atoms with Crippen LogP contribution < -0.4 is 10.7 Å². The Hall–Kier alpha value is -4.07. The monoisotopic (exact) mass is 774 g/mol. The fourth-order valence-electron chi connectivity index (χ4n) is 7.71. The molecular formula is C41H51ClN6O5S. The van der Waals surface area contributed by atoms with E-state index in [0.29, 0.717) is 31.2 Å². The van der Waals surface area contributed by atoms with E-state index in [4.69, 9.17) is 16.3 Å². The van der Waals surface area contributed by atoms with Gasteiger partial charge in [0.1, 0.15) is 12.6 Å². The third kappa shape index (κ3) is 11.0. The molecule has 6 rings (SSSR count). The highest BCUT2D eigenvalue weighted by atomic mass is 35.5. The SMILES string of the molecule is CSc1ccccc1CN1CCN(C(=O)C(NC(=O)OCc2ccccc2)C2CCN(CCc3cc(Cl)ccc3C3=CCCN(NC(=O)O)C3)CC2)CC1. The zero-order chi connectivity index (χ0) is 37.9. The second-order valence-corrected chi connectivity index (χ2v) is 15.5. The van der Waals surface area contributed by atoms with Crippen molar-refractivity contribution < 1.29 is 24.2 Å². The van der Waals surface area contributed by atoms with Gasteiger partial charge in [0.15, 0.2) is 0 Å². The van der Waals surface area contributed by atoms with Gasteiger partial charge in [-0.15, -0.1) is 11.8 Å². The van der Waals surface area contributed by atoms with Crippen LogP contribution in [0.5, 0.6) is 0 Å². The molecule has 0 aromatic heterocycles. The molecule has 0 spiro atoms. The normalized spacial score (nSPS) is 18.1. The average Bonchev–Trinajstić information content (AvgIpc) is 3.19. The number of carboxylic acid groups (broad SMARTS) is 1. The van der Waals surface area contributed by atoms with Gasteiger partial charge in [-0.05, 0) is 97.0 Å². The smallest absolute Gasteiger partial charge is 0.419 e. The summed E-state index contributed by atoms with van der Waals surface area (Å²) in [6, 6.07) is 23.3. The molecule has 3 amide bonds. The number of rotatable bonds is 13. The molecule has 2 saturated heterocycles. The number of piperidine rings is 1. The summed E-state index contributed by atoms with van der Waals surface area (Å²) in [5, 5.41) is 14.6. The van der Waals surface area contributed by atoms with Crippen molar-refractivity contribution in [3.63, 3.8) is 0 Å². The molecular weight excluding hydrogens is 724 g/mol. The van der Waals surface area contributed by atoms with Crippen LogP contribution in [-0.2, 0) is 29.1 Å². The molecule has 3 heterocycles. The molecule has 3 aromatic rings. The summed E-state index contributed by atoms with van der Waals surface area (Å²) < 4.78 is 5.60. The van der Waals surface area contributed by atoms with Gasteiger partial charge >= 0.3 is 12.2 Å². The van der Waals surface area contributed by atoms with E-state index in [2.05, 4.69) is 57.1 Å². The lowest BCUT2D eigenvalue weighted by Crippen LogP contribution is -2.58. The summed E-state index contributed by atoms with van der Waals surface area (Å²) in [7, 11) is 0. The molecule has 3 aromatic carbocycles. The van der Waals surface area contributed by atoms with Crippen molar-refractivity contribution in [1.82, 2.24) is 30.5 Å². The van der Waals surface area contributed by atoms with Crippen LogP contribution in [0.25, 0.3) is 5.57 Å². The molecule has 0 radical (unpaired) electrons. The molecule has 1 atom stereocenters. The van der Waals surface area contributed by atoms with E-state index < -0.39 is 18.2 Å². The number of thioether (sulfide) groups is 1. The molecule has 0 saturated carbocycles. The van der Waals surface area contributed by atoms with Crippen molar-refractivity contribution in [2.45, 2.75) is 49.8 Å². The van der Waals surface area contributed by atoms with Gasteiger partial charge in [-0.3, -0.25) is 15.1 Å². The van der Waals surface area contributed by atoms with Crippen molar-refractivity contribution >= 4 is 47.0 Å². The number of hydrazine groups is 1. The van der Waals surface area contributed by atoms with Crippen molar-refractivity contribution in [2.24, 2.45) is 5.92 Å². The van der Waals surface area contributed by atoms with E-state index in [-0.39, 0.29) is 18.4 Å². The molecule has 2 fully saturated rings. The topological polar surface area (TPSA) is 118 Å². The van der Waals surface area contributed by atoms with Crippen LogP contribution >= 0.6 is 23.4 Å².